The average molecular weight is 288 g/mol. The molecule has 2 nitrogen and oxygen atoms in total. The van der Waals surface area contributed by atoms with E-state index in [0.29, 0.717) is 6.61 Å². The van der Waals surface area contributed by atoms with Crippen LogP contribution in [0.15, 0.2) is 12.1 Å². The molecule has 2 rings (SSSR count). The van der Waals surface area contributed by atoms with E-state index in [9.17, 15) is 5.11 Å². The minimum Gasteiger partial charge on any atom is -0.396 e. The van der Waals surface area contributed by atoms with E-state index in [1.165, 1.54) is 37.0 Å². The van der Waals surface area contributed by atoms with Crippen LogP contribution in [0.2, 0.25) is 4.34 Å². The number of nitrogens with zero attached hydrogens (tertiary/aromatic N) is 1. The monoisotopic (exact) mass is 287 g/mol. The number of aliphatic hydroxyl groups is 1. The molecule has 1 aromatic rings. The van der Waals surface area contributed by atoms with Crippen molar-refractivity contribution in [2.24, 2.45) is 5.41 Å². The standard InChI is InChI=1S/C14H22ClNOS/c1-16(9-12-5-6-13(15)18-12)10-14(11-17)7-3-2-4-8-14/h5-6,17H,2-4,7-11H2,1H3. The van der Waals surface area contributed by atoms with Crippen LogP contribution in [0.4, 0.5) is 0 Å². The maximum Gasteiger partial charge on any atom is 0.0931 e. The summed E-state index contributed by atoms with van der Waals surface area (Å²) in [6.07, 6.45) is 6.18. The van der Waals surface area contributed by atoms with Gasteiger partial charge in [-0.1, -0.05) is 30.9 Å². The molecule has 0 unspecified atom stereocenters. The van der Waals surface area contributed by atoms with Gasteiger partial charge in [0, 0.05) is 30.0 Å². The number of hydrogen-bond acceptors (Lipinski definition) is 3. The Morgan fingerprint density at radius 1 is 1.33 bits per heavy atom. The second kappa shape index (κ2) is 6.38. The summed E-state index contributed by atoms with van der Waals surface area (Å²) in [5.74, 6) is 0. The molecule has 0 aliphatic heterocycles. The van der Waals surface area contributed by atoms with E-state index >= 15 is 0 Å². The Balaban J connectivity index is 1.90. The fraction of sp³-hybridized carbons (Fsp3) is 0.714. The number of halogens is 1. The van der Waals surface area contributed by atoms with Crippen molar-refractivity contribution in [3.63, 3.8) is 0 Å². The Hall–Kier alpha value is -0.0900. The van der Waals surface area contributed by atoms with Crippen LogP contribution in [-0.4, -0.2) is 30.2 Å². The second-order valence-corrected chi connectivity index (χ2v) is 7.40. The maximum atomic E-state index is 9.72. The molecular formula is C14H22ClNOS. The van der Waals surface area contributed by atoms with Crippen molar-refractivity contribution in [1.82, 2.24) is 4.90 Å². The van der Waals surface area contributed by atoms with Gasteiger partial charge >= 0.3 is 0 Å². The molecule has 1 aliphatic carbocycles. The van der Waals surface area contributed by atoms with E-state index in [4.69, 9.17) is 11.6 Å². The third-order valence-corrected chi connectivity index (χ3v) is 5.13. The van der Waals surface area contributed by atoms with Gasteiger partial charge in [0.05, 0.1) is 4.34 Å². The van der Waals surface area contributed by atoms with E-state index in [1.807, 2.05) is 6.07 Å². The zero-order valence-electron chi connectivity index (χ0n) is 11.0. The molecule has 1 fully saturated rings. The molecule has 0 aromatic carbocycles. The van der Waals surface area contributed by atoms with Crippen LogP contribution in [0, 0.1) is 5.41 Å². The van der Waals surface area contributed by atoms with Crippen LogP contribution < -0.4 is 0 Å². The highest BCUT2D eigenvalue weighted by Gasteiger charge is 2.32. The third kappa shape index (κ3) is 3.70. The predicted octanol–water partition coefficient (Wildman–Crippen LogP) is 3.78. The summed E-state index contributed by atoms with van der Waals surface area (Å²) in [6.45, 7) is 2.24. The van der Waals surface area contributed by atoms with Crippen LogP contribution in [0.5, 0.6) is 0 Å². The molecular weight excluding hydrogens is 266 g/mol. The van der Waals surface area contributed by atoms with Crippen molar-refractivity contribution >= 4 is 22.9 Å². The van der Waals surface area contributed by atoms with Crippen molar-refractivity contribution in [2.75, 3.05) is 20.2 Å². The Morgan fingerprint density at radius 2 is 2.06 bits per heavy atom. The summed E-state index contributed by atoms with van der Waals surface area (Å²) < 4.78 is 0.855. The molecule has 18 heavy (non-hydrogen) atoms. The van der Waals surface area contributed by atoms with Crippen molar-refractivity contribution < 1.29 is 5.11 Å². The predicted molar refractivity (Wildman–Crippen MR) is 78.3 cm³/mol. The Labute approximate surface area is 119 Å². The van der Waals surface area contributed by atoms with Gasteiger partial charge in [0.1, 0.15) is 0 Å². The first-order valence-corrected chi connectivity index (χ1v) is 7.87. The molecule has 1 N–H and O–H groups in total. The summed E-state index contributed by atoms with van der Waals surface area (Å²) in [5.41, 5.74) is 0.133. The van der Waals surface area contributed by atoms with Gasteiger partial charge in [-0.25, -0.2) is 0 Å². The minimum absolute atomic E-state index is 0.133. The molecule has 0 bridgehead atoms. The highest BCUT2D eigenvalue weighted by Crippen LogP contribution is 2.36. The van der Waals surface area contributed by atoms with Crippen LogP contribution in [0.1, 0.15) is 37.0 Å². The van der Waals surface area contributed by atoms with E-state index in [1.54, 1.807) is 11.3 Å². The maximum absolute atomic E-state index is 9.72. The summed E-state index contributed by atoms with van der Waals surface area (Å²) in [5, 5.41) is 9.72. The van der Waals surface area contributed by atoms with Crippen LogP contribution >= 0.6 is 22.9 Å². The number of thiophene rings is 1. The van der Waals surface area contributed by atoms with Gasteiger partial charge in [-0.15, -0.1) is 11.3 Å². The quantitative estimate of drug-likeness (QED) is 0.891. The Bertz CT molecular complexity index is 374. The lowest BCUT2D eigenvalue weighted by Crippen LogP contribution is -2.39. The SMILES string of the molecule is CN(Cc1ccc(Cl)s1)CC1(CO)CCCCC1. The van der Waals surface area contributed by atoms with Crippen molar-refractivity contribution in [3.8, 4) is 0 Å². The molecule has 1 heterocycles. The number of hydrogen-bond donors (Lipinski definition) is 1. The molecule has 0 amide bonds. The molecule has 102 valence electrons. The van der Waals surface area contributed by atoms with E-state index in [2.05, 4.69) is 18.0 Å². The molecule has 0 radical (unpaired) electrons. The van der Waals surface area contributed by atoms with Gasteiger partial charge in [-0.2, -0.15) is 0 Å². The lowest BCUT2D eigenvalue weighted by Gasteiger charge is -2.38. The zero-order valence-corrected chi connectivity index (χ0v) is 12.6. The molecule has 0 saturated heterocycles. The molecule has 1 saturated carbocycles. The Morgan fingerprint density at radius 3 is 2.61 bits per heavy atom. The highest BCUT2D eigenvalue weighted by atomic mass is 35.5. The van der Waals surface area contributed by atoms with Crippen LogP contribution in [0.3, 0.4) is 0 Å². The lowest BCUT2D eigenvalue weighted by molar-refractivity contribution is 0.0466. The molecule has 4 heteroatoms. The summed E-state index contributed by atoms with van der Waals surface area (Å²) in [7, 11) is 2.14. The molecule has 1 aliphatic rings. The summed E-state index contributed by atoms with van der Waals surface area (Å²) >= 11 is 7.60. The Kier molecular flexibility index (Phi) is 5.07. The first-order chi connectivity index (χ1) is 8.63. The lowest BCUT2D eigenvalue weighted by atomic mass is 9.74. The third-order valence-electron chi connectivity index (χ3n) is 3.91. The van der Waals surface area contributed by atoms with Crippen molar-refractivity contribution in [1.29, 1.82) is 0 Å². The van der Waals surface area contributed by atoms with Gasteiger partial charge in [0.25, 0.3) is 0 Å². The number of aliphatic hydroxyl groups excluding tert-OH is 1. The van der Waals surface area contributed by atoms with E-state index in [-0.39, 0.29) is 5.41 Å². The topological polar surface area (TPSA) is 23.5 Å². The second-order valence-electron chi connectivity index (χ2n) is 5.60. The van der Waals surface area contributed by atoms with Gasteiger partial charge in [-0.3, -0.25) is 0 Å². The molecule has 1 aromatic heterocycles. The largest absolute Gasteiger partial charge is 0.396 e. The summed E-state index contributed by atoms with van der Waals surface area (Å²) in [6, 6.07) is 4.05. The minimum atomic E-state index is 0.133. The fourth-order valence-corrected chi connectivity index (χ4v) is 4.17. The zero-order chi connectivity index (χ0) is 13.0. The van der Waals surface area contributed by atoms with E-state index < -0.39 is 0 Å². The van der Waals surface area contributed by atoms with Crippen LogP contribution in [-0.2, 0) is 6.54 Å². The van der Waals surface area contributed by atoms with Crippen molar-refractivity contribution in [3.05, 3.63) is 21.3 Å². The fourth-order valence-electron chi connectivity index (χ4n) is 3.00. The average Bonchev–Trinajstić information content (AvgIpc) is 2.75. The normalized spacial score (nSPS) is 19.3. The smallest absolute Gasteiger partial charge is 0.0931 e. The van der Waals surface area contributed by atoms with Gasteiger partial charge in [0.15, 0.2) is 0 Å². The number of rotatable bonds is 5. The van der Waals surface area contributed by atoms with Crippen molar-refractivity contribution in [2.45, 2.75) is 38.6 Å². The highest BCUT2D eigenvalue weighted by molar-refractivity contribution is 7.16. The van der Waals surface area contributed by atoms with Crippen LogP contribution in [0.25, 0.3) is 0 Å². The van der Waals surface area contributed by atoms with Gasteiger partial charge in [0.2, 0.25) is 0 Å². The molecule has 0 spiro atoms. The van der Waals surface area contributed by atoms with E-state index in [0.717, 1.165) is 17.4 Å². The summed E-state index contributed by atoms with van der Waals surface area (Å²) in [4.78, 5) is 3.62. The van der Waals surface area contributed by atoms with Gasteiger partial charge < -0.3 is 10.0 Å². The van der Waals surface area contributed by atoms with Gasteiger partial charge in [-0.05, 0) is 32.0 Å². The molecule has 0 atom stereocenters. The first kappa shape index (κ1) is 14.3. The first-order valence-electron chi connectivity index (χ1n) is 6.67.